The van der Waals surface area contributed by atoms with Crippen LogP contribution in [0.25, 0.3) is 0 Å². The van der Waals surface area contributed by atoms with Gasteiger partial charge in [-0.1, -0.05) is 165 Å². The number of carbonyl (C=O) groups excluding carboxylic acids is 2. The molecule has 458 valence electrons. The lowest BCUT2D eigenvalue weighted by Gasteiger charge is -2.49. The topological polar surface area (TPSA) is 506 Å². The Morgan fingerprint density at radius 3 is 1.22 bits per heavy atom. The van der Waals surface area contributed by atoms with Gasteiger partial charge in [-0.3, -0.25) is 27.8 Å². The molecule has 0 saturated heterocycles. The lowest BCUT2D eigenvalue weighted by Crippen LogP contribution is -2.66. The smallest absolute Gasteiger partial charge is 0.306 e. The van der Waals surface area contributed by atoms with Gasteiger partial charge in [0.2, 0.25) is 0 Å². The number of rotatable bonds is 44. The Hall–Kier alpha value is -1.90. The lowest BCUT2D eigenvalue weighted by molar-refractivity contribution is -0.286. The number of aliphatic hydroxyl groups is 2. The van der Waals surface area contributed by atoms with Gasteiger partial charge in [-0.15, -0.1) is 0 Å². The summed E-state index contributed by atoms with van der Waals surface area (Å²) < 4.78 is 80.6. The first-order chi connectivity index (χ1) is 34.5. The van der Waals surface area contributed by atoms with Crippen molar-refractivity contribution in [2.45, 2.75) is 224 Å². The molecule has 0 radical (unpaired) electrons. The maximum Gasteiger partial charge on any atom is 0.306 e. The van der Waals surface area contributed by atoms with Gasteiger partial charge in [0.05, 0.1) is 6.61 Å². The van der Waals surface area contributed by atoms with E-state index >= 15 is 0 Å². The largest absolute Gasteiger partial charge is 0.756 e. The second kappa shape index (κ2) is 46.7. The monoisotopic (exact) mass is 1190 g/mol. The Kier molecular flexibility index (Phi) is 49.5. The predicted octanol–water partition coefficient (Wildman–Crippen LogP) is 8.50. The van der Waals surface area contributed by atoms with Crippen molar-refractivity contribution >= 4 is 43.2 Å². The molecule has 26 nitrogen and oxygen atoms in total. The van der Waals surface area contributed by atoms with Crippen molar-refractivity contribution in [1.29, 1.82) is 0 Å². The van der Waals surface area contributed by atoms with Gasteiger partial charge < -0.3 is 101 Å². The zero-order valence-electron chi connectivity index (χ0n) is 46.4. The summed E-state index contributed by atoms with van der Waals surface area (Å²) >= 11 is 0. The van der Waals surface area contributed by atoms with E-state index < -0.39 is 99.2 Å². The zero-order chi connectivity index (χ0) is 54.6. The van der Waals surface area contributed by atoms with Crippen molar-refractivity contribution in [3.05, 3.63) is 48.6 Å². The molecule has 0 bridgehead atoms. The summed E-state index contributed by atoms with van der Waals surface area (Å²) in [5, 5.41) is 21.7. The molecule has 1 aliphatic rings. The zero-order valence-corrected chi connectivity index (χ0v) is 50.0. The second-order valence-corrected chi connectivity index (χ2v) is 22.7. The predicted molar refractivity (Wildman–Crippen MR) is 287 cm³/mol. The van der Waals surface area contributed by atoms with E-state index in [1.54, 1.807) is 0 Å². The maximum absolute atomic E-state index is 13.1. The molecular weight excluding hydrogens is 1100 g/mol. The molecule has 1 fully saturated rings. The summed E-state index contributed by atoms with van der Waals surface area (Å²) in [5.74, 6) is -1.53. The van der Waals surface area contributed by atoms with Gasteiger partial charge in [0.15, 0.2) is 6.10 Å². The van der Waals surface area contributed by atoms with Gasteiger partial charge in [-0.2, -0.15) is 0 Å². The standard InChI is InChI=1S/C47H86O22P4.4H3N/c1-3-5-7-9-11-13-15-17-19-20-22-24-26-28-30-32-34-36-41(49)65-39(37-63-40(48)35-33-31-29-27-25-23-21-18-16-14-12-10-8-6-4-2)38-64-73(61,62)69-44-42(50)45(66-70(52,53)54)47(68-72(58,59)60)46(43(44)51)67-71(55,56)57;;;;/h11,13,17,19,22,24,28,30,39,42-47,50-51H,3-10,12,14-16,18,20-21,23,25-27,29,31-38H2,1-2H3,(H,61,62)(H2,52,53,54)(H2,55,56,57)(H2,58,59,60);4*1H3/b13-11-,19-17-,24-22-,30-28-;;;;/t39-,42+,43+,44?,45-,46+,47?;;;;/m1..../s1. The van der Waals surface area contributed by atoms with E-state index in [1.807, 2.05) is 24.3 Å². The summed E-state index contributed by atoms with van der Waals surface area (Å²) in [5.41, 5.74) is 0. The first-order valence-electron chi connectivity index (χ1n) is 25.6. The summed E-state index contributed by atoms with van der Waals surface area (Å²) in [4.78, 5) is 101. The fourth-order valence-corrected chi connectivity index (χ4v) is 10.3. The van der Waals surface area contributed by atoms with Crippen LogP contribution in [0.1, 0.15) is 181 Å². The minimum Gasteiger partial charge on any atom is -0.756 e. The molecule has 0 aliphatic heterocycles. The second-order valence-electron chi connectivity index (χ2n) is 17.9. The quantitative estimate of drug-likeness (QED) is 0.0119. The molecule has 0 aromatic heterocycles. The number of aliphatic hydroxyl groups excluding tert-OH is 2. The van der Waals surface area contributed by atoms with Crippen LogP contribution in [0.5, 0.6) is 0 Å². The molecular formula is C47H98N4O22P4. The number of carbonyl (C=O) groups is 2. The van der Waals surface area contributed by atoms with Crippen molar-refractivity contribution in [2.75, 3.05) is 13.2 Å². The minimum absolute atomic E-state index is 0. The molecule has 0 heterocycles. The number of esters is 2. The Bertz CT molecular complexity index is 1800. The van der Waals surface area contributed by atoms with Crippen LogP contribution >= 0.6 is 31.3 Å². The molecule has 77 heavy (non-hydrogen) atoms. The third kappa shape index (κ3) is 44.4. The number of hydrogen-bond donors (Lipinski definition) is 9. The Labute approximate surface area is 456 Å². The van der Waals surface area contributed by atoms with Gasteiger partial charge in [0.1, 0.15) is 43.2 Å². The van der Waals surface area contributed by atoms with Crippen LogP contribution in [0.3, 0.4) is 0 Å². The molecule has 0 aromatic carbocycles. The van der Waals surface area contributed by atoms with E-state index in [4.69, 9.17) is 18.5 Å². The molecule has 21 N–H and O–H groups in total. The number of quaternary nitrogens is 4. The van der Waals surface area contributed by atoms with Gasteiger partial charge in [0, 0.05) is 12.8 Å². The Balaban J connectivity index is -0.00000666. The highest BCUT2D eigenvalue weighted by molar-refractivity contribution is 7.46. The van der Waals surface area contributed by atoms with Crippen molar-refractivity contribution in [3.63, 3.8) is 0 Å². The average Bonchev–Trinajstić information content (AvgIpc) is 3.30. The highest BCUT2D eigenvalue weighted by Gasteiger charge is 2.56. The maximum atomic E-state index is 13.1. The van der Waals surface area contributed by atoms with E-state index in [2.05, 4.69) is 51.7 Å². The molecule has 11 atom stereocenters. The van der Waals surface area contributed by atoms with Crippen LogP contribution < -0.4 is 44.2 Å². The highest BCUT2D eigenvalue weighted by Crippen LogP contribution is 2.50. The van der Waals surface area contributed by atoms with Crippen LogP contribution in [0, 0.1) is 0 Å². The van der Waals surface area contributed by atoms with Crippen LogP contribution in [-0.4, -0.2) is 92.8 Å². The molecule has 30 heteroatoms. The molecule has 1 rings (SSSR count). The summed E-state index contributed by atoms with van der Waals surface area (Å²) in [7, 11) is -24.2. The number of ether oxygens (including phenoxy) is 2. The van der Waals surface area contributed by atoms with E-state index in [9.17, 15) is 72.3 Å². The van der Waals surface area contributed by atoms with E-state index in [0.717, 1.165) is 51.4 Å². The summed E-state index contributed by atoms with van der Waals surface area (Å²) in [6, 6.07) is 0. The molecule has 0 spiro atoms. The summed E-state index contributed by atoms with van der Waals surface area (Å²) in [6.07, 6.45) is 21.9. The van der Waals surface area contributed by atoms with Crippen molar-refractivity contribution in [3.8, 4) is 0 Å². The van der Waals surface area contributed by atoms with Gasteiger partial charge in [-0.25, -0.2) is 0 Å². The van der Waals surface area contributed by atoms with Crippen LogP contribution in [0.15, 0.2) is 48.6 Å². The molecule has 0 aromatic rings. The van der Waals surface area contributed by atoms with Crippen molar-refractivity contribution in [1.82, 2.24) is 24.6 Å². The number of phosphoric acid groups is 4. The third-order valence-electron chi connectivity index (χ3n) is 11.4. The van der Waals surface area contributed by atoms with Gasteiger partial charge >= 0.3 is 11.9 Å². The molecule has 6 unspecified atom stereocenters. The third-order valence-corrected chi connectivity index (χ3v) is 13.8. The van der Waals surface area contributed by atoms with E-state index in [1.165, 1.54) is 77.0 Å². The summed E-state index contributed by atoms with van der Waals surface area (Å²) in [6.45, 7) is 2.55. The Morgan fingerprint density at radius 1 is 0.455 bits per heavy atom. The highest BCUT2D eigenvalue weighted by atomic mass is 31.2. The average molecular weight is 1200 g/mol. The number of unbranched alkanes of at least 4 members (excludes halogenated alkanes) is 18. The van der Waals surface area contributed by atoms with Gasteiger partial charge in [-0.05, 0) is 51.4 Å². The Morgan fingerprint density at radius 2 is 0.805 bits per heavy atom. The fraction of sp³-hybridized carbons (Fsp3) is 0.787. The minimum atomic E-state index is -6.10. The first kappa shape index (κ1) is 81.6. The molecule has 1 aliphatic carbocycles. The normalized spacial score (nSPS) is 22.2. The lowest BCUT2D eigenvalue weighted by atomic mass is 9.85. The van der Waals surface area contributed by atoms with Gasteiger partial charge in [0.25, 0.3) is 31.3 Å². The number of phosphoric ester groups is 4. The first-order valence-corrected chi connectivity index (χ1v) is 31.5. The van der Waals surface area contributed by atoms with Crippen molar-refractivity contribution < 1.29 is 104 Å². The van der Waals surface area contributed by atoms with E-state index in [0.29, 0.717) is 25.7 Å². The molecule has 0 amide bonds. The van der Waals surface area contributed by atoms with Crippen LogP contribution in [0.4, 0.5) is 0 Å². The van der Waals surface area contributed by atoms with E-state index in [-0.39, 0.29) is 37.4 Å². The van der Waals surface area contributed by atoms with Crippen molar-refractivity contribution in [2.24, 2.45) is 0 Å². The fourth-order valence-electron chi connectivity index (χ4n) is 7.64. The number of hydrogen-bond acceptors (Lipinski definition) is 19. The molecule has 1 saturated carbocycles. The van der Waals surface area contributed by atoms with Crippen LogP contribution in [-0.2, 0) is 59.9 Å². The van der Waals surface area contributed by atoms with Crippen LogP contribution in [0.2, 0.25) is 0 Å². The number of allylic oxidation sites excluding steroid dienone is 8. The SMILES string of the molecule is CCCCC/C=C\C/C=C\C/C=C\C/C=C\CCCC(=O)O[C@H](COC(=O)CCCCCCCCCCCCCCCCC)COP(=O)([O-])OC1[C@H](O)[C@H](OP(=O)([O-])O)C(OP(=O)([O-])O)[C@H](OP(=O)([O-])O)[C@H]1O.[NH4+].[NH4+].[NH4+].[NH4+].